The first-order valence-corrected chi connectivity index (χ1v) is 8.14. The zero-order chi connectivity index (χ0) is 13.5. The summed E-state index contributed by atoms with van der Waals surface area (Å²) in [5, 5.41) is 12.1. The first kappa shape index (κ1) is 15.2. The maximum Gasteiger partial charge on any atom is 0.284 e. The Kier molecular flexibility index (Phi) is 6.42. The van der Waals surface area contributed by atoms with E-state index in [0.717, 1.165) is 18.7 Å². The molecular formula is C11H20N4OS2. The van der Waals surface area contributed by atoms with Crippen molar-refractivity contribution in [2.24, 2.45) is 0 Å². The van der Waals surface area contributed by atoms with Crippen molar-refractivity contribution in [1.82, 2.24) is 15.1 Å². The van der Waals surface area contributed by atoms with E-state index in [1.807, 2.05) is 14.0 Å². The van der Waals surface area contributed by atoms with E-state index in [0.29, 0.717) is 10.1 Å². The predicted octanol–water partition coefficient (Wildman–Crippen LogP) is 2.18. The zero-order valence-corrected chi connectivity index (χ0v) is 12.9. The monoisotopic (exact) mass is 288 g/mol. The van der Waals surface area contributed by atoms with Gasteiger partial charge in [-0.3, -0.25) is 4.79 Å². The Morgan fingerprint density at radius 1 is 1.56 bits per heavy atom. The number of aromatic nitrogens is 2. The lowest BCUT2D eigenvalue weighted by molar-refractivity contribution is 0.0740. The molecule has 1 unspecified atom stereocenters. The van der Waals surface area contributed by atoms with E-state index in [-0.39, 0.29) is 11.9 Å². The minimum absolute atomic E-state index is 0.0507. The SMILES string of the molecule is CCNc1nnc(C(=O)N(C)C(C)CCSC)s1. The van der Waals surface area contributed by atoms with E-state index in [2.05, 4.69) is 28.7 Å². The average molecular weight is 288 g/mol. The minimum atomic E-state index is -0.0507. The topological polar surface area (TPSA) is 58.1 Å². The summed E-state index contributed by atoms with van der Waals surface area (Å²) in [6.07, 6.45) is 3.06. The van der Waals surface area contributed by atoms with Crippen LogP contribution in [0.1, 0.15) is 30.1 Å². The quantitative estimate of drug-likeness (QED) is 0.833. The van der Waals surface area contributed by atoms with Crippen molar-refractivity contribution < 1.29 is 4.79 Å². The summed E-state index contributed by atoms with van der Waals surface area (Å²) in [6, 6.07) is 0.219. The van der Waals surface area contributed by atoms with E-state index in [9.17, 15) is 4.79 Å². The summed E-state index contributed by atoms with van der Waals surface area (Å²) in [6.45, 7) is 4.82. The van der Waals surface area contributed by atoms with Crippen molar-refractivity contribution in [3.8, 4) is 0 Å². The van der Waals surface area contributed by atoms with Gasteiger partial charge in [-0.2, -0.15) is 11.8 Å². The molecule has 0 aliphatic rings. The summed E-state index contributed by atoms with van der Waals surface area (Å²) < 4.78 is 0. The lowest BCUT2D eigenvalue weighted by Crippen LogP contribution is -2.35. The van der Waals surface area contributed by atoms with Crippen LogP contribution in [-0.2, 0) is 0 Å². The van der Waals surface area contributed by atoms with Crippen LogP contribution in [0.15, 0.2) is 0 Å². The van der Waals surface area contributed by atoms with Crippen LogP contribution >= 0.6 is 23.1 Å². The maximum absolute atomic E-state index is 12.2. The molecule has 18 heavy (non-hydrogen) atoms. The molecule has 0 radical (unpaired) electrons. The molecule has 0 bridgehead atoms. The van der Waals surface area contributed by atoms with Crippen LogP contribution in [-0.4, -0.2) is 52.6 Å². The number of nitrogens with one attached hydrogen (secondary N) is 1. The van der Waals surface area contributed by atoms with Crippen molar-refractivity contribution in [2.45, 2.75) is 26.3 Å². The number of anilines is 1. The lowest BCUT2D eigenvalue weighted by atomic mass is 10.2. The molecule has 1 heterocycles. The highest BCUT2D eigenvalue weighted by molar-refractivity contribution is 7.98. The predicted molar refractivity (Wildman–Crippen MR) is 78.6 cm³/mol. The van der Waals surface area contributed by atoms with Gasteiger partial charge in [0.25, 0.3) is 5.91 Å². The van der Waals surface area contributed by atoms with Crippen LogP contribution in [0.25, 0.3) is 0 Å². The minimum Gasteiger partial charge on any atom is -0.360 e. The van der Waals surface area contributed by atoms with Crippen LogP contribution in [0.2, 0.25) is 0 Å². The number of rotatable bonds is 7. The zero-order valence-electron chi connectivity index (χ0n) is 11.3. The Labute approximate surface area is 116 Å². The normalized spacial score (nSPS) is 12.2. The Morgan fingerprint density at radius 2 is 2.28 bits per heavy atom. The molecule has 0 aliphatic heterocycles. The molecule has 102 valence electrons. The third kappa shape index (κ3) is 4.13. The number of carbonyl (C=O) groups excluding carboxylic acids is 1. The summed E-state index contributed by atoms with van der Waals surface area (Å²) >= 11 is 3.10. The van der Waals surface area contributed by atoms with Crippen molar-refractivity contribution >= 4 is 34.1 Å². The first-order valence-electron chi connectivity index (χ1n) is 5.93. The van der Waals surface area contributed by atoms with E-state index in [1.165, 1.54) is 11.3 Å². The Bertz CT molecular complexity index is 383. The fourth-order valence-electron chi connectivity index (χ4n) is 1.37. The van der Waals surface area contributed by atoms with Crippen molar-refractivity contribution in [3.05, 3.63) is 5.01 Å². The molecule has 0 saturated heterocycles. The highest BCUT2D eigenvalue weighted by atomic mass is 32.2. The number of nitrogens with zero attached hydrogens (tertiary/aromatic N) is 3. The number of amides is 1. The third-order valence-corrected chi connectivity index (χ3v) is 4.17. The van der Waals surface area contributed by atoms with Gasteiger partial charge < -0.3 is 10.2 Å². The molecule has 0 aromatic carbocycles. The van der Waals surface area contributed by atoms with Gasteiger partial charge in [-0.1, -0.05) is 11.3 Å². The van der Waals surface area contributed by atoms with Crippen molar-refractivity contribution in [1.29, 1.82) is 0 Å². The molecule has 5 nitrogen and oxygen atoms in total. The second kappa shape index (κ2) is 7.58. The lowest BCUT2D eigenvalue weighted by Gasteiger charge is -2.23. The molecule has 0 fully saturated rings. The third-order valence-electron chi connectivity index (χ3n) is 2.66. The van der Waals surface area contributed by atoms with Gasteiger partial charge in [0.1, 0.15) is 0 Å². The Balaban J connectivity index is 2.61. The van der Waals surface area contributed by atoms with Gasteiger partial charge in [-0.25, -0.2) is 0 Å². The Hall–Kier alpha value is -0.820. The number of carbonyl (C=O) groups is 1. The molecular weight excluding hydrogens is 268 g/mol. The maximum atomic E-state index is 12.2. The molecule has 1 N–H and O–H groups in total. The van der Waals surface area contributed by atoms with Crippen LogP contribution < -0.4 is 5.32 Å². The van der Waals surface area contributed by atoms with E-state index < -0.39 is 0 Å². The van der Waals surface area contributed by atoms with E-state index >= 15 is 0 Å². The van der Waals surface area contributed by atoms with Gasteiger partial charge in [0.2, 0.25) is 10.1 Å². The molecule has 7 heteroatoms. The van der Waals surface area contributed by atoms with Gasteiger partial charge in [0, 0.05) is 19.6 Å². The molecule has 1 atom stereocenters. The second-order valence-electron chi connectivity index (χ2n) is 3.99. The Morgan fingerprint density at radius 3 is 2.89 bits per heavy atom. The highest BCUT2D eigenvalue weighted by Crippen LogP contribution is 2.18. The van der Waals surface area contributed by atoms with E-state index in [1.54, 1.807) is 16.7 Å². The first-order chi connectivity index (χ1) is 8.60. The number of thioether (sulfide) groups is 1. The van der Waals surface area contributed by atoms with Crippen LogP contribution in [0.5, 0.6) is 0 Å². The van der Waals surface area contributed by atoms with Gasteiger partial charge in [0.05, 0.1) is 0 Å². The van der Waals surface area contributed by atoms with Crippen LogP contribution in [0.4, 0.5) is 5.13 Å². The van der Waals surface area contributed by atoms with Gasteiger partial charge >= 0.3 is 0 Å². The summed E-state index contributed by atoms with van der Waals surface area (Å²) in [7, 11) is 1.82. The average Bonchev–Trinajstić information content (AvgIpc) is 2.83. The van der Waals surface area contributed by atoms with Crippen molar-refractivity contribution in [2.75, 3.05) is 30.9 Å². The molecule has 1 amide bonds. The van der Waals surface area contributed by atoms with Crippen LogP contribution in [0, 0.1) is 0 Å². The van der Waals surface area contributed by atoms with E-state index in [4.69, 9.17) is 0 Å². The van der Waals surface area contributed by atoms with Crippen LogP contribution in [0.3, 0.4) is 0 Å². The summed E-state index contributed by atoms with van der Waals surface area (Å²) in [5.41, 5.74) is 0. The molecule has 1 aromatic rings. The molecule has 0 saturated carbocycles. The largest absolute Gasteiger partial charge is 0.360 e. The molecule has 1 rings (SSSR count). The molecule has 0 spiro atoms. The molecule has 1 aromatic heterocycles. The van der Waals surface area contributed by atoms with Crippen molar-refractivity contribution in [3.63, 3.8) is 0 Å². The summed E-state index contributed by atoms with van der Waals surface area (Å²) in [4.78, 5) is 13.9. The fourth-order valence-corrected chi connectivity index (χ4v) is 2.74. The summed E-state index contributed by atoms with van der Waals surface area (Å²) in [5.74, 6) is 1.00. The highest BCUT2D eigenvalue weighted by Gasteiger charge is 2.20. The number of hydrogen-bond donors (Lipinski definition) is 1. The smallest absolute Gasteiger partial charge is 0.284 e. The van der Waals surface area contributed by atoms with Gasteiger partial charge in [-0.15, -0.1) is 10.2 Å². The number of hydrogen-bond acceptors (Lipinski definition) is 6. The fraction of sp³-hybridized carbons (Fsp3) is 0.727. The standard InChI is InChI=1S/C11H20N4OS2/c1-5-12-11-14-13-9(18-11)10(16)15(3)8(2)6-7-17-4/h8H,5-7H2,1-4H3,(H,12,14). The van der Waals surface area contributed by atoms with Gasteiger partial charge in [0.15, 0.2) is 0 Å². The second-order valence-corrected chi connectivity index (χ2v) is 5.95. The van der Waals surface area contributed by atoms with Gasteiger partial charge in [-0.05, 0) is 32.3 Å². The molecule has 0 aliphatic carbocycles.